The monoisotopic (exact) mass is 410 g/mol. The predicted molar refractivity (Wildman–Crippen MR) is 121 cm³/mol. The summed E-state index contributed by atoms with van der Waals surface area (Å²) in [4.78, 5) is 27.4. The van der Waals surface area contributed by atoms with Gasteiger partial charge in [-0.2, -0.15) is 0 Å². The number of aryl methyl sites for hydroxylation is 3. The molecule has 0 bridgehead atoms. The topological polar surface area (TPSA) is 58.6 Å². The summed E-state index contributed by atoms with van der Waals surface area (Å²) in [6.45, 7) is 12.6. The van der Waals surface area contributed by atoms with Crippen molar-refractivity contribution in [2.24, 2.45) is 0 Å². The van der Waals surface area contributed by atoms with Crippen LogP contribution in [0.15, 0.2) is 36.4 Å². The van der Waals surface area contributed by atoms with Crippen LogP contribution in [0.5, 0.6) is 5.75 Å². The van der Waals surface area contributed by atoms with E-state index >= 15 is 0 Å². The van der Waals surface area contributed by atoms with Crippen molar-refractivity contribution < 1.29 is 14.3 Å². The van der Waals surface area contributed by atoms with E-state index in [1.54, 1.807) is 11.8 Å². The van der Waals surface area contributed by atoms with Crippen LogP contribution in [0.3, 0.4) is 0 Å². The molecule has 1 atom stereocenters. The number of benzene rings is 2. The second-order valence-electron chi connectivity index (χ2n) is 7.91. The maximum atomic E-state index is 13.2. The first-order valence-electron chi connectivity index (χ1n) is 10.6. The first kappa shape index (κ1) is 23.5. The molecule has 162 valence electrons. The molecule has 0 aliphatic heterocycles. The molecule has 0 aromatic heterocycles. The number of nitrogens with one attached hydrogen (secondary N) is 1. The summed E-state index contributed by atoms with van der Waals surface area (Å²) in [5.41, 5.74) is 5.34. The molecule has 2 rings (SSSR count). The van der Waals surface area contributed by atoms with Gasteiger partial charge in [-0.25, -0.2) is 0 Å². The van der Waals surface area contributed by atoms with E-state index < -0.39 is 6.04 Å². The van der Waals surface area contributed by atoms with E-state index in [-0.39, 0.29) is 18.4 Å². The van der Waals surface area contributed by atoms with Crippen molar-refractivity contribution in [2.75, 3.05) is 13.2 Å². The number of carbonyl (C=O) groups excluding carboxylic acids is 2. The molecule has 0 aliphatic carbocycles. The molecule has 1 N–H and O–H groups in total. The van der Waals surface area contributed by atoms with E-state index in [1.165, 1.54) is 0 Å². The Balaban J connectivity index is 2.21. The average Bonchev–Trinajstić information content (AvgIpc) is 2.72. The molecule has 0 saturated heterocycles. The van der Waals surface area contributed by atoms with Gasteiger partial charge in [0.2, 0.25) is 5.91 Å². The molecule has 30 heavy (non-hydrogen) atoms. The number of carbonyl (C=O) groups is 2. The van der Waals surface area contributed by atoms with Crippen LogP contribution in [-0.2, 0) is 16.1 Å². The van der Waals surface area contributed by atoms with Crippen LogP contribution in [0, 0.1) is 27.7 Å². The van der Waals surface area contributed by atoms with Crippen LogP contribution in [0.1, 0.15) is 48.1 Å². The number of rotatable bonds is 9. The smallest absolute Gasteiger partial charge is 0.261 e. The lowest BCUT2D eigenvalue weighted by Crippen LogP contribution is -2.49. The van der Waals surface area contributed by atoms with Crippen LogP contribution in [0.2, 0.25) is 0 Å². The fourth-order valence-electron chi connectivity index (χ4n) is 3.32. The van der Waals surface area contributed by atoms with Gasteiger partial charge in [0.15, 0.2) is 6.61 Å². The minimum Gasteiger partial charge on any atom is -0.483 e. The van der Waals surface area contributed by atoms with Gasteiger partial charge in [0.25, 0.3) is 5.91 Å². The molecule has 0 fully saturated rings. The summed E-state index contributed by atoms with van der Waals surface area (Å²) < 4.78 is 5.90. The molecule has 0 heterocycles. The van der Waals surface area contributed by atoms with Crippen molar-refractivity contribution in [3.63, 3.8) is 0 Å². The Morgan fingerprint density at radius 2 is 1.77 bits per heavy atom. The highest BCUT2D eigenvalue weighted by atomic mass is 16.5. The van der Waals surface area contributed by atoms with Crippen LogP contribution in [0.4, 0.5) is 0 Å². The highest BCUT2D eigenvalue weighted by Gasteiger charge is 2.26. The fourth-order valence-corrected chi connectivity index (χ4v) is 3.32. The van der Waals surface area contributed by atoms with Gasteiger partial charge in [0, 0.05) is 13.1 Å². The van der Waals surface area contributed by atoms with E-state index in [0.29, 0.717) is 18.8 Å². The van der Waals surface area contributed by atoms with Gasteiger partial charge in [-0.15, -0.1) is 0 Å². The Bertz CT molecular complexity index is 892. The molecule has 2 aromatic carbocycles. The third-order valence-corrected chi connectivity index (χ3v) is 5.43. The zero-order chi connectivity index (χ0) is 22.3. The Hall–Kier alpha value is -2.82. The largest absolute Gasteiger partial charge is 0.483 e. The summed E-state index contributed by atoms with van der Waals surface area (Å²) in [5, 5.41) is 2.89. The molecular weight excluding hydrogens is 376 g/mol. The summed E-state index contributed by atoms with van der Waals surface area (Å²) in [7, 11) is 0. The van der Waals surface area contributed by atoms with Crippen molar-refractivity contribution in [1.29, 1.82) is 0 Å². The lowest BCUT2D eigenvalue weighted by Gasteiger charge is -2.29. The SMILES string of the molecule is CCCNC(=O)[C@H](C)N(Cc1ccccc1C)C(=O)COc1cc(C)cc(C)c1C. The van der Waals surface area contributed by atoms with Gasteiger partial charge < -0.3 is 15.0 Å². The standard InChI is InChI=1S/C25H34N2O3/c1-7-12-26-25(29)21(6)27(15-22-11-9-8-10-18(22)3)24(28)16-30-23-14-17(2)13-19(4)20(23)5/h8-11,13-14,21H,7,12,15-16H2,1-6H3,(H,26,29)/t21-/m0/s1. The Kier molecular flexibility index (Phi) is 8.46. The number of ether oxygens (including phenoxy) is 1. The van der Waals surface area contributed by atoms with Crippen LogP contribution in [0.25, 0.3) is 0 Å². The van der Waals surface area contributed by atoms with Crippen LogP contribution < -0.4 is 10.1 Å². The number of hydrogen-bond donors (Lipinski definition) is 1. The summed E-state index contributed by atoms with van der Waals surface area (Å²) >= 11 is 0. The number of amides is 2. The molecule has 0 radical (unpaired) electrons. The normalized spacial score (nSPS) is 11.7. The van der Waals surface area contributed by atoms with Gasteiger partial charge in [-0.05, 0) is 74.9 Å². The fraction of sp³-hybridized carbons (Fsp3) is 0.440. The lowest BCUT2D eigenvalue weighted by atomic mass is 10.1. The first-order chi connectivity index (χ1) is 14.2. The molecule has 2 amide bonds. The predicted octanol–water partition coefficient (Wildman–Crippen LogP) is 4.24. The van der Waals surface area contributed by atoms with Crippen LogP contribution >= 0.6 is 0 Å². The van der Waals surface area contributed by atoms with E-state index in [4.69, 9.17) is 4.74 Å². The Morgan fingerprint density at radius 1 is 1.07 bits per heavy atom. The zero-order valence-electron chi connectivity index (χ0n) is 19.0. The molecule has 0 unspecified atom stereocenters. The van der Waals surface area contributed by atoms with Crippen LogP contribution in [-0.4, -0.2) is 35.9 Å². The molecule has 5 heteroatoms. The van der Waals surface area contributed by atoms with Crippen molar-refractivity contribution in [2.45, 2.75) is 60.5 Å². The second kappa shape index (κ2) is 10.8. The van der Waals surface area contributed by atoms with Crippen molar-refractivity contribution in [3.05, 3.63) is 64.2 Å². The highest BCUT2D eigenvalue weighted by Crippen LogP contribution is 2.23. The minimum absolute atomic E-state index is 0.110. The van der Waals surface area contributed by atoms with E-state index in [1.807, 2.05) is 65.0 Å². The van der Waals surface area contributed by atoms with E-state index in [9.17, 15) is 9.59 Å². The highest BCUT2D eigenvalue weighted by molar-refractivity contribution is 5.88. The summed E-state index contributed by atoms with van der Waals surface area (Å²) in [5.74, 6) is 0.345. The van der Waals surface area contributed by atoms with Gasteiger partial charge in [-0.1, -0.05) is 37.3 Å². The number of hydrogen-bond acceptors (Lipinski definition) is 3. The molecule has 5 nitrogen and oxygen atoms in total. The molecule has 2 aromatic rings. The van der Waals surface area contributed by atoms with E-state index in [0.717, 1.165) is 34.2 Å². The second-order valence-corrected chi connectivity index (χ2v) is 7.91. The molecular formula is C25H34N2O3. The molecule has 0 saturated carbocycles. The average molecular weight is 411 g/mol. The third-order valence-electron chi connectivity index (χ3n) is 5.43. The Morgan fingerprint density at radius 3 is 2.43 bits per heavy atom. The molecule has 0 aliphatic rings. The van der Waals surface area contributed by atoms with Gasteiger partial charge in [-0.3, -0.25) is 9.59 Å². The van der Waals surface area contributed by atoms with Gasteiger partial charge in [0.1, 0.15) is 11.8 Å². The Labute approximate surface area is 180 Å². The minimum atomic E-state index is -0.590. The van der Waals surface area contributed by atoms with E-state index in [2.05, 4.69) is 11.4 Å². The molecule has 0 spiro atoms. The number of nitrogens with zero attached hydrogens (tertiary/aromatic N) is 1. The van der Waals surface area contributed by atoms with Crippen molar-refractivity contribution in [1.82, 2.24) is 10.2 Å². The zero-order valence-corrected chi connectivity index (χ0v) is 19.0. The van der Waals surface area contributed by atoms with Crippen molar-refractivity contribution >= 4 is 11.8 Å². The summed E-state index contributed by atoms with van der Waals surface area (Å²) in [6.07, 6.45) is 0.847. The lowest BCUT2D eigenvalue weighted by molar-refractivity contribution is -0.142. The first-order valence-corrected chi connectivity index (χ1v) is 10.6. The van der Waals surface area contributed by atoms with Gasteiger partial charge in [0.05, 0.1) is 0 Å². The van der Waals surface area contributed by atoms with Gasteiger partial charge >= 0.3 is 0 Å². The maximum Gasteiger partial charge on any atom is 0.261 e. The third kappa shape index (κ3) is 6.09. The maximum absolute atomic E-state index is 13.2. The summed E-state index contributed by atoms with van der Waals surface area (Å²) in [6, 6.07) is 11.4. The van der Waals surface area contributed by atoms with Crippen molar-refractivity contribution in [3.8, 4) is 5.75 Å². The quantitative estimate of drug-likeness (QED) is 0.673.